The zero-order valence-electron chi connectivity index (χ0n) is 12.8. The van der Waals surface area contributed by atoms with Crippen molar-refractivity contribution in [3.63, 3.8) is 0 Å². The molecule has 1 aromatic heterocycles. The van der Waals surface area contributed by atoms with Crippen LogP contribution in [0.1, 0.15) is 22.8 Å². The Balaban J connectivity index is 2.13. The molecule has 0 unspecified atom stereocenters. The van der Waals surface area contributed by atoms with Crippen molar-refractivity contribution in [3.8, 4) is 5.88 Å². The molecule has 2 N–H and O–H groups in total. The van der Waals surface area contributed by atoms with Crippen LogP contribution in [-0.2, 0) is 17.9 Å². The largest absolute Gasteiger partial charge is 0.480 e. The molecule has 128 valence electrons. The Hall–Kier alpha value is -2.25. The number of ether oxygens (including phenoxy) is 1. The Labute approximate surface area is 148 Å². The molecular weight excluding hydrogens is 357 g/mol. The second kappa shape index (κ2) is 8.03. The lowest BCUT2D eigenvalue weighted by Crippen LogP contribution is -2.23. The minimum atomic E-state index is -1.07. The molecule has 24 heavy (non-hydrogen) atoms. The summed E-state index contributed by atoms with van der Waals surface area (Å²) in [4.78, 5) is 23.1. The number of carboxylic acids is 1. The number of nitrogens with zero attached hydrogens (tertiary/aromatic N) is 2. The van der Waals surface area contributed by atoms with Crippen molar-refractivity contribution < 1.29 is 19.4 Å². The number of halogens is 2. The van der Waals surface area contributed by atoms with Crippen LogP contribution in [0.2, 0.25) is 10.0 Å². The number of carbonyl (C=O) groups is 2. The summed E-state index contributed by atoms with van der Waals surface area (Å²) < 4.78 is 6.42. The van der Waals surface area contributed by atoms with E-state index in [2.05, 4.69) is 10.4 Å². The highest BCUT2D eigenvalue weighted by Gasteiger charge is 2.18. The number of carboxylic acid groups (broad SMARTS) is 1. The van der Waals surface area contributed by atoms with Crippen LogP contribution in [0.3, 0.4) is 0 Å². The highest BCUT2D eigenvalue weighted by molar-refractivity contribution is 6.35. The fourth-order valence-electron chi connectivity index (χ4n) is 1.96. The normalized spacial score (nSPS) is 10.5. The predicted octanol–water partition coefficient (Wildman–Crippen LogP) is 2.60. The summed E-state index contributed by atoms with van der Waals surface area (Å²) in [6.45, 7) is 1.86. The number of carbonyl (C=O) groups excluding carboxylic acids is 1. The first-order chi connectivity index (χ1) is 11.4. The lowest BCUT2D eigenvalue weighted by atomic mass is 10.2. The molecular formula is C15H15Cl2N3O4. The number of hydrogen-bond acceptors (Lipinski definition) is 4. The van der Waals surface area contributed by atoms with E-state index in [4.69, 9.17) is 33.0 Å². The maximum Gasteiger partial charge on any atom is 0.325 e. The summed E-state index contributed by atoms with van der Waals surface area (Å²) in [6, 6.07) is 4.97. The molecule has 1 amide bonds. The van der Waals surface area contributed by atoms with Crippen LogP contribution in [0.25, 0.3) is 0 Å². The smallest absolute Gasteiger partial charge is 0.325 e. The molecule has 2 rings (SSSR count). The Bertz CT molecular complexity index is 761. The molecule has 1 heterocycles. The van der Waals surface area contributed by atoms with Gasteiger partial charge in [-0.05, 0) is 24.6 Å². The molecule has 0 saturated carbocycles. The third-order valence-corrected chi connectivity index (χ3v) is 3.59. The van der Waals surface area contributed by atoms with E-state index in [0.717, 1.165) is 4.68 Å². The molecule has 2 aromatic rings. The first kappa shape index (κ1) is 18.1. The van der Waals surface area contributed by atoms with Crippen LogP contribution in [-0.4, -0.2) is 33.4 Å². The average molecular weight is 372 g/mol. The maximum absolute atomic E-state index is 12.3. The fourth-order valence-corrected chi connectivity index (χ4v) is 2.43. The summed E-state index contributed by atoms with van der Waals surface area (Å²) in [5.74, 6) is -1.43. The first-order valence-corrected chi connectivity index (χ1v) is 7.80. The van der Waals surface area contributed by atoms with Crippen LogP contribution in [0.5, 0.6) is 5.88 Å². The van der Waals surface area contributed by atoms with Crippen LogP contribution in [0.15, 0.2) is 24.4 Å². The Morgan fingerprint density at radius 1 is 1.38 bits per heavy atom. The molecule has 1 aromatic carbocycles. The predicted molar refractivity (Wildman–Crippen MR) is 88.7 cm³/mol. The van der Waals surface area contributed by atoms with Gasteiger partial charge in [0.1, 0.15) is 12.1 Å². The first-order valence-electron chi connectivity index (χ1n) is 7.05. The number of aromatic nitrogens is 2. The standard InChI is InChI=1S/C15H15Cl2N3O4/c1-2-24-15-11(7-20(19-15)8-13(21)22)14(23)18-6-9-3-4-10(16)5-12(9)17/h3-5,7H,2,6,8H2,1H3,(H,18,23)(H,21,22). The molecule has 7 nitrogen and oxygen atoms in total. The minimum absolute atomic E-state index is 0.0819. The topological polar surface area (TPSA) is 93.5 Å². The molecule has 0 bridgehead atoms. The number of hydrogen-bond donors (Lipinski definition) is 2. The average Bonchev–Trinajstić information content (AvgIpc) is 2.88. The highest BCUT2D eigenvalue weighted by Crippen LogP contribution is 2.21. The summed E-state index contributed by atoms with van der Waals surface area (Å²) >= 11 is 11.9. The van der Waals surface area contributed by atoms with Crippen molar-refractivity contribution in [1.82, 2.24) is 15.1 Å². The van der Waals surface area contributed by atoms with Crippen molar-refractivity contribution in [3.05, 3.63) is 45.6 Å². The van der Waals surface area contributed by atoms with Gasteiger partial charge in [0.15, 0.2) is 0 Å². The zero-order chi connectivity index (χ0) is 17.7. The van der Waals surface area contributed by atoms with E-state index in [1.165, 1.54) is 6.20 Å². The van der Waals surface area contributed by atoms with E-state index in [9.17, 15) is 9.59 Å². The van der Waals surface area contributed by atoms with Gasteiger partial charge in [0.2, 0.25) is 5.88 Å². The molecule has 0 atom stereocenters. The zero-order valence-corrected chi connectivity index (χ0v) is 14.3. The second-order valence-electron chi connectivity index (χ2n) is 4.79. The highest BCUT2D eigenvalue weighted by atomic mass is 35.5. The van der Waals surface area contributed by atoms with Crippen LogP contribution < -0.4 is 10.1 Å². The van der Waals surface area contributed by atoms with Gasteiger partial charge in [0.05, 0.1) is 6.61 Å². The maximum atomic E-state index is 12.3. The molecule has 9 heteroatoms. The number of aliphatic carboxylic acids is 1. The molecule has 0 saturated heterocycles. The van der Waals surface area contributed by atoms with E-state index in [1.54, 1.807) is 25.1 Å². The van der Waals surface area contributed by atoms with Gasteiger partial charge in [-0.15, -0.1) is 5.10 Å². The summed E-state index contributed by atoms with van der Waals surface area (Å²) in [7, 11) is 0. The van der Waals surface area contributed by atoms with Crippen molar-refractivity contribution in [1.29, 1.82) is 0 Å². The molecule has 0 radical (unpaired) electrons. The summed E-state index contributed by atoms with van der Waals surface area (Å²) in [5, 5.41) is 16.4. The quantitative estimate of drug-likeness (QED) is 0.779. The Morgan fingerprint density at radius 2 is 2.12 bits per heavy atom. The van der Waals surface area contributed by atoms with Crippen LogP contribution in [0.4, 0.5) is 0 Å². The van der Waals surface area contributed by atoms with Gasteiger partial charge in [-0.1, -0.05) is 29.3 Å². The van der Waals surface area contributed by atoms with Gasteiger partial charge in [0, 0.05) is 22.8 Å². The summed E-state index contributed by atoms with van der Waals surface area (Å²) in [5.41, 5.74) is 0.855. The number of nitrogens with one attached hydrogen (secondary N) is 1. The van der Waals surface area contributed by atoms with Gasteiger partial charge in [-0.25, -0.2) is 0 Å². The second-order valence-corrected chi connectivity index (χ2v) is 5.63. The molecule has 0 aliphatic carbocycles. The van der Waals surface area contributed by atoms with E-state index in [1.807, 2.05) is 0 Å². The number of rotatable bonds is 7. The monoisotopic (exact) mass is 371 g/mol. The molecule has 0 spiro atoms. The molecule has 0 aliphatic heterocycles. The number of benzene rings is 1. The van der Waals surface area contributed by atoms with Crippen LogP contribution in [0, 0.1) is 0 Å². The number of amides is 1. The third-order valence-electron chi connectivity index (χ3n) is 3.01. The van der Waals surface area contributed by atoms with E-state index in [-0.39, 0.29) is 24.5 Å². The Morgan fingerprint density at radius 3 is 2.75 bits per heavy atom. The lowest BCUT2D eigenvalue weighted by Gasteiger charge is -2.07. The van der Waals surface area contributed by atoms with E-state index in [0.29, 0.717) is 22.2 Å². The SMILES string of the molecule is CCOc1nn(CC(=O)O)cc1C(=O)NCc1ccc(Cl)cc1Cl. The van der Waals surface area contributed by atoms with Crippen molar-refractivity contribution in [2.24, 2.45) is 0 Å². The Kier molecular flexibility index (Phi) is 6.05. The van der Waals surface area contributed by atoms with E-state index >= 15 is 0 Å². The van der Waals surface area contributed by atoms with E-state index < -0.39 is 11.9 Å². The van der Waals surface area contributed by atoms with Crippen molar-refractivity contribution in [2.45, 2.75) is 20.0 Å². The molecule has 0 fully saturated rings. The summed E-state index contributed by atoms with van der Waals surface area (Å²) in [6.07, 6.45) is 1.33. The third kappa shape index (κ3) is 4.62. The fraction of sp³-hybridized carbons (Fsp3) is 0.267. The van der Waals surface area contributed by atoms with Gasteiger partial charge in [-0.2, -0.15) is 0 Å². The van der Waals surface area contributed by atoms with Crippen molar-refractivity contribution >= 4 is 35.1 Å². The van der Waals surface area contributed by atoms with Crippen molar-refractivity contribution in [2.75, 3.05) is 6.61 Å². The van der Waals surface area contributed by atoms with Gasteiger partial charge >= 0.3 is 5.97 Å². The van der Waals surface area contributed by atoms with Gasteiger partial charge in [0.25, 0.3) is 5.91 Å². The van der Waals surface area contributed by atoms with Gasteiger partial charge < -0.3 is 15.2 Å². The minimum Gasteiger partial charge on any atom is -0.480 e. The van der Waals surface area contributed by atoms with Gasteiger partial charge in [-0.3, -0.25) is 14.3 Å². The molecule has 0 aliphatic rings. The lowest BCUT2D eigenvalue weighted by molar-refractivity contribution is -0.137. The van der Waals surface area contributed by atoms with Crippen LogP contribution >= 0.6 is 23.2 Å².